The molecule has 0 spiro atoms. The first kappa shape index (κ1) is 30.4. The van der Waals surface area contributed by atoms with Crippen LogP contribution in [0.15, 0.2) is 28.4 Å². The lowest BCUT2D eigenvalue weighted by Gasteiger charge is -2.32. The van der Waals surface area contributed by atoms with Crippen LogP contribution in [-0.2, 0) is 30.3 Å². The summed E-state index contributed by atoms with van der Waals surface area (Å²) in [6.07, 6.45) is -0.00161. The molecule has 3 aromatic rings. The SMILES string of the molecule is CCCC#Cc1cn([C@H]2CC(OP([O-])(=S)OC[C@H]3O[C@@H](n4cnc5c(N)ncnc54)CC3O)[C@@H](CO)O2)c(=O)[nH]c1=O. The standard InChI is InChI=1S/C24H30N7O9PS/c1-2-3-4-5-13-8-30(24(35)29-23(13)34)19-7-15(16(9-32)38-19)40-41(36,42)37-10-17-14(33)6-18(39-17)31-12-28-20-21(25)26-11-27-22(20)31/h8,11-12,14-19,32-33H,2-3,6-7,9-10H2,1H3,(H,36,42)(H2,25,26,27)(H,29,34,35)/p-1/t14?,15?,16-,17-,18-,19-,41?/m1/s1. The molecule has 0 bridgehead atoms. The topological polar surface area (TPSA) is 225 Å². The minimum atomic E-state index is -4.19. The second-order valence-electron chi connectivity index (χ2n) is 9.71. The van der Waals surface area contributed by atoms with Crippen molar-refractivity contribution in [3.8, 4) is 11.8 Å². The Morgan fingerprint density at radius 1 is 1.24 bits per heavy atom. The number of fused-ring (bicyclic) bond motifs is 1. The van der Waals surface area contributed by atoms with Crippen LogP contribution >= 0.6 is 6.72 Å². The molecule has 0 aliphatic carbocycles. The fraction of sp³-hybridized carbons (Fsp3) is 0.542. The van der Waals surface area contributed by atoms with E-state index in [-0.39, 0.29) is 30.8 Å². The number of hydrogen-bond acceptors (Lipinski definition) is 14. The Labute approximate surface area is 243 Å². The molecule has 2 aliphatic heterocycles. The van der Waals surface area contributed by atoms with Gasteiger partial charge < -0.3 is 39.4 Å². The molecule has 7 atom stereocenters. The van der Waals surface area contributed by atoms with Gasteiger partial charge in [0.1, 0.15) is 48.8 Å². The van der Waals surface area contributed by atoms with Gasteiger partial charge in [0.05, 0.1) is 31.7 Å². The van der Waals surface area contributed by atoms with Crippen LogP contribution in [0.1, 0.15) is 50.6 Å². The highest BCUT2D eigenvalue weighted by molar-refractivity contribution is 8.06. The highest BCUT2D eigenvalue weighted by atomic mass is 32.5. The lowest BCUT2D eigenvalue weighted by atomic mass is 10.2. The maximum atomic E-state index is 13.1. The first-order valence-corrected chi connectivity index (χ1v) is 15.7. The number of aromatic nitrogens is 6. The summed E-state index contributed by atoms with van der Waals surface area (Å²) in [5.41, 5.74) is 5.33. The molecule has 2 aliphatic rings. The third-order valence-corrected chi connectivity index (χ3v) is 8.37. The van der Waals surface area contributed by atoms with E-state index in [1.165, 1.54) is 18.9 Å². The molecule has 16 nitrogen and oxygen atoms in total. The van der Waals surface area contributed by atoms with Crippen LogP contribution in [0.2, 0.25) is 0 Å². The first-order chi connectivity index (χ1) is 20.1. The number of aliphatic hydroxyl groups is 2. The van der Waals surface area contributed by atoms with Crippen molar-refractivity contribution in [1.29, 1.82) is 0 Å². The molecule has 42 heavy (non-hydrogen) atoms. The van der Waals surface area contributed by atoms with Crippen LogP contribution in [0.4, 0.5) is 5.82 Å². The molecule has 0 aromatic carbocycles. The number of nitrogens with zero attached hydrogens (tertiary/aromatic N) is 5. The van der Waals surface area contributed by atoms with Crippen molar-refractivity contribution in [2.75, 3.05) is 18.9 Å². The molecule has 0 radical (unpaired) electrons. The van der Waals surface area contributed by atoms with Gasteiger partial charge in [0, 0.05) is 25.5 Å². The predicted molar refractivity (Wildman–Crippen MR) is 148 cm³/mol. The molecule has 3 aromatic heterocycles. The molecule has 18 heteroatoms. The fourth-order valence-electron chi connectivity index (χ4n) is 4.69. The van der Waals surface area contributed by atoms with Gasteiger partial charge in [0.15, 0.2) is 11.5 Å². The summed E-state index contributed by atoms with van der Waals surface area (Å²) < 4.78 is 25.3. The second-order valence-corrected chi connectivity index (χ2v) is 12.4. The van der Waals surface area contributed by atoms with Gasteiger partial charge in [-0.3, -0.25) is 18.9 Å². The molecule has 2 fully saturated rings. The average molecular weight is 623 g/mol. The van der Waals surface area contributed by atoms with E-state index >= 15 is 0 Å². The van der Waals surface area contributed by atoms with Crippen molar-refractivity contribution < 1.29 is 33.6 Å². The summed E-state index contributed by atoms with van der Waals surface area (Å²) in [6.45, 7) is -3.13. The van der Waals surface area contributed by atoms with Crippen LogP contribution in [0.5, 0.6) is 0 Å². The number of H-pyrrole nitrogens is 1. The number of anilines is 1. The number of nitrogen functional groups attached to an aromatic ring is 1. The number of unbranched alkanes of at least 4 members (excludes halogenated alkanes) is 1. The van der Waals surface area contributed by atoms with Gasteiger partial charge in [0.2, 0.25) is 0 Å². The summed E-state index contributed by atoms with van der Waals surface area (Å²) in [7, 11) is 0. The average Bonchev–Trinajstić information content (AvgIpc) is 3.65. The summed E-state index contributed by atoms with van der Waals surface area (Å²) in [4.78, 5) is 52.2. The quantitative estimate of drug-likeness (QED) is 0.166. The molecule has 5 N–H and O–H groups in total. The Morgan fingerprint density at radius 2 is 2.00 bits per heavy atom. The van der Waals surface area contributed by atoms with Crippen molar-refractivity contribution in [3.05, 3.63) is 45.3 Å². The van der Waals surface area contributed by atoms with Crippen LogP contribution in [0.3, 0.4) is 0 Å². The van der Waals surface area contributed by atoms with E-state index in [0.717, 1.165) is 11.0 Å². The predicted octanol–water partition coefficient (Wildman–Crippen LogP) is -0.975. The number of rotatable bonds is 9. The van der Waals surface area contributed by atoms with Crippen LogP contribution in [-0.4, -0.2) is 76.9 Å². The van der Waals surface area contributed by atoms with Gasteiger partial charge >= 0.3 is 5.69 Å². The van der Waals surface area contributed by atoms with Gasteiger partial charge in [-0.1, -0.05) is 30.6 Å². The van der Waals surface area contributed by atoms with Crippen molar-refractivity contribution in [3.63, 3.8) is 0 Å². The molecule has 3 unspecified atom stereocenters. The zero-order chi connectivity index (χ0) is 30.0. The minimum absolute atomic E-state index is 0.0354. The van der Waals surface area contributed by atoms with Gasteiger partial charge in [-0.15, -0.1) is 0 Å². The zero-order valence-electron chi connectivity index (χ0n) is 22.4. The number of imidazole rings is 1. The highest BCUT2D eigenvalue weighted by Gasteiger charge is 2.40. The monoisotopic (exact) mass is 622 g/mol. The third-order valence-electron chi connectivity index (χ3n) is 6.80. The second kappa shape index (κ2) is 12.7. The molecule has 0 saturated carbocycles. The van der Waals surface area contributed by atoms with Gasteiger partial charge in [0.25, 0.3) is 5.56 Å². The molecule has 5 heterocycles. The van der Waals surface area contributed by atoms with Gasteiger partial charge in [-0.2, -0.15) is 0 Å². The minimum Gasteiger partial charge on any atom is -0.780 e. The Hall–Kier alpha value is -3.04. The maximum absolute atomic E-state index is 13.1. The Morgan fingerprint density at radius 3 is 2.76 bits per heavy atom. The molecule has 226 valence electrons. The van der Waals surface area contributed by atoms with E-state index in [9.17, 15) is 24.7 Å². The fourth-order valence-corrected chi connectivity index (χ4v) is 6.15. The summed E-state index contributed by atoms with van der Waals surface area (Å²) >= 11 is 5.08. The lowest BCUT2D eigenvalue weighted by Crippen LogP contribution is -2.33. The number of nitrogens with two attached hydrogens (primary N) is 1. The van der Waals surface area contributed by atoms with Crippen LogP contribution in [0, 0.1) is 11.8 Å². The Kier molecular flexibility index (Phi) is 9.18. The molecular weight excluding hydrogens is 593 g/mol. The zero-order valence-corrected chi connectivity index (χ0v) is 24.1. The number of nitrogens with one attached hydrogen (secondary N) is 1. The van der Waals surface area contributed by atoms with E-state index < -0.39 is 61.4 Å². The molecule has 5 rings (SSSR count). The Balaban J connectivity index is 1.22. The van der Waals surface area contributed by atoms with Crippen LogP contribution in [0.25, 0.3) is 11.2 Å². The molecular formula is C24H29N7O9PS-. The summed E-state index contributed by atoms with van der Waals surface area (Å²) in [5, 5.41) is 20.4. The first-order valence-electron chi connectivity index (χ1n) is 13.1. The smallest absolute Gasteiger partial charge is 0.330 e. The van der Waals surface area contributed by atoms with Crippen molar-refractivity contribution in [2.45, 2.75) is 69.5 Å². The number of aromatic amines is 1. The normalized spacial score (nSPS) is 27.1. The third kappa shape index (κ3) is 6.47. The van der Waals surface area contributed by atoms with Crippen molar-refractivity contribution in [2.24, 2.45) is 0 Å². The largest absolute Gasteiger partial charge is 0.780 e. The lowest BCUT2D eigenvalue weighted by molar-refractivity contribution is -0.215. The van der Waals surface area contributed by atoms with E-state index in [0.29, 0.717) is 17.6 Å². The van der Waals surface area contributed by atoms with E-state index in [2.05, 4.69) is 31.8 Å². The maximum Gasteiger partial charge on any atom is 0.330 e. The highest BCUT2D eigenvalue weighted by Crippen LogP contribution is 2.46. The number of hydrogen-bond donors (Lipinski definition) is 4. The molecule has 0 amide bonds. The summed E-state index contributed by atoms with van der Waals surface area (Å²) in [6, 6.07) is 0. The van der Waals surface area contributed by atoms with Crippen molar-refractivity contribution >= 4 is 35.5 Å². The molecule has 2 saturated heterocycles. The van der Waals surface area contributed by atoms with Crippen LogP contribution < -0.4 is 21.9 Å². The van der Waals surface area contributed by atoms with E-state index in [1.54, 1.807) is 4.57 Å². The van der Waals surface area contributed by atoms with Gasteiger partial charge in [-0.05, 0) is 6.42 Å². The van der Waals surface area contributed by atoms with Gasteiger partial charge in [-0.25, -0.2) is 19.7 Å². The van der Waals surface area contributed by atoms with Crippen molar-refractivity contribution in [1.82, 2.24) is 29.1 Å². The summed E-state index contributed by atoms with van der Waals surface area (Å²) in [5.74, 6) is 5.78. The van der Waals surface area contributed by atoms with E-state index in [4.69, 9.17) is 36.1 Å². The number of aliphatic hydroxyl groups excluding tert-OH is 2. The Bertz CT molecular complexity index is 1670. The van der Waals surface area contributed by atoms with E-state index in [1.807, 2.05) is 6.92 Å². The number of ether oxygens (including phenoxy) is 2.